The molecular formula is C28H33N4O4+. The number of fused-ring (bicyclic) bond motifs is 4. The van der Waals surface area contributed by atoms with E-state index in [0.717, 1.165) is 72.7 Å². The van der Waals surface area contributed by atoms with Gasteiger partial charge in [-0.1, -0.05) is 30.3 Å². The molecule has 3 aromatic rings. The lowest BCUT2D eigenvalue weighted by Crippen LogP contribution is -3.14. The molecule has 6 rings (SSSR count). The van der Waals surface area contributed by atoms with Crippen molar-refractivity contribution in [1.82, 2.24) is 14.8 Å². The summed E-state index contributed by atoms with van der Waals surface area (Å²) in [7, 11) is 1.64. The third-order valence-electron chi connectivity index (χ3n) is 7.93. The van der Waals surface area contributed by atoms with Crippen LogP contribution in [0.15, 0.2) is 48.5 Å². The maximum atomic E-state index is 13.8. The molecule has 3 aliphatic heterocycles. The summed E-state index contributed by atoms with van der Waals surface area (Å²) in [4.78, 5) is 36.2. The first kappa shape index (κ1) is 23.1. The summed E-state index contributed by atoms with van der Waals surface area (Å²) in [5.41, 5.74) is 4.14. The minimum absolute atomic E-state index is 0.00319. The zero-order chi connectivity index (χ0) is 24.6. The van der Waals surface area contributed by atoms with Crippen molar-refractivity contribution in [2.75, 3.05) is 53.0 Å². The molecule has 1 aromatic heterocycles. The van der Waals surface area contributed by atoms with E-state index in [-0.39, 0.29) is 24.4 Å². The summed E-state index contributed by atoms with van der Waals surface area (Å²) in [5, 5.41) is 1.12. The molecule has 0 saturated carbocycles. The van der Waals surface area contributed by atoms with E-state index >= 15 is 0 Å². The molecule has 2 amide bonds. The fourth-order valence-corrected chi connectivity index (χ4v) is 6.08. The normalized spacial score (nSPS) is 22.6. The van der Waals surface area contributed by atoms with Crippen LogP contribution in [0.2, 0.25) is 0 Å². The second kappa shape index (κ2) is 9.59. The van der Waals surface area contributed by atoms with Crippen molar-refractivity contribution in [2.45, 2.75) is 24.9 Å². The number of hydrogen-bond acceptors (Lipinski definition) is 4. The zero-order valence-electron chi connectivity index (χ0n) is 20.7. The van der Waals surface area contributed by atoms with Crippen LogP contribution in [0.3, 0.4) is 0 Å². The van der Waals surface area contributed by atoms with Gasteiger partial charge in [0.1, 0.15) is 24.9 Å². The van der Waals surface area contributed by atoms with Crippen LogP contribution < -0.4 is 9.64 Å². The fourth-order valence-electron chi connectivity index (χ4n) is 6.08. The van der Waals surface area contributed by atoms with Gasteiger partial charge in [-0.15, -0.1) is 0 Å². The molecule has 0 spiro atoms. The number of para-hydroxylation sites is 1. The number of nitrogens with one attached hydrogen (secondary N) is 2. The molecule has 3 aliphatic rings. The van der Waals surface area contributed by atoms with Crippen molar-refractivity contribution >= 4 is 22.7 Å². The Morgan fingerprint density at radius 3 is 2.64 bits per heavy atom. The Morgan fingerprint density at radius 2 is 1.86 bits per heavy atom. The van der Waals surface area contributed by atoms with Gasteiger partial charge < -0.3 is 29.2 Å². The van der Waals surface area contributed by atoms with Crippen LogP contribution in [0.5, 0.6) is 5.75 Å². The molecule has 0 radical (unpaired) electrons. The van der Waals surface area contributed by atoms with Gasteiger partial charge >= 0.3 is 0 Å². The molecule has 2 saturated heterocycles. The quantitative estimate of drug-likeness (QED) is 0.545. The van der Waals surface area contributed by atoms with E-state index in [1.165, 1.54) is 4.90 Å². The van der Waals surface area contributed by atoms with E-state index < -0.39 is 6.04 Å². The topological polar surface area (TPSA) is 79.3 Å². The second-order valence-corrected chi connectivity index (χ2v) is 9.99. The highest BCUT2D eigenvalue weighted by atomic mass is 16.5. The minimum atomic E-state index is -0.499. The number of benzene rings is 2. The van der Waals surface area contributed by atoms with Crippen LogP contribution in [0.1, 0.15) is 29.3 Å². The predicted octanol–water partition coefficient (Wildman–Crippen LogP) is 1.17. The van der Waals surface area contributed by atoms with Gasteiger partial charge in [-0.05, 0) is 29.3 Å². The summed E-state index contributed by atoms with van der Waals surface area (Å²) in [6.45, 7) is 5.37. The van der Waals surface area contributed by atoms with Crippen molar-refractivity contribution in [3.8, 4) is 5.75 Å². The van der Waals surface area contributed by atoms with E-state index in [9.17, 15) is 9.59 Å². The molecule has 36 heavy (non-hydrogen) atoms. The summed E-state index contributed by atoms with van der Waals surface area (Å²) < 4.78 is 10.8. The number of H-pyrrole nitrogens is 1. The highest BCUT2D eigenvalue weighted by Crippen LogP contribution is 2.42. The molecule has 0 unspecified atom stereocenters. The van der Waals surface area contributed by atoms with Gasteiger partial charge in [0, 0.05) is 36.0 Å². The number of ether oxygens (including phenoxy) is 2. The van der Waals surface area contributed by atoms with Crippen molar-refractivity contribution in [3.05, 3.63) is 65.4 Å². The van der Waals surface area contributed by atoms with Crippen LogP contribution in [0.25, 0.3) is 10.9 Å². The van der Waals surface area contributed by atoms with E-state index in [2.05, 4.69) is 17.1 Å². The molecule has 2 atom stereocenters. The largest absolute Gasteiger partial charge is 0.497 e. The lowest BCUT2D eigenvalue weighted by molar-refractivity contribution is -0.908. The van der Waals surface area contributed by atoms with Crippen molar-refractivity contribution < 1.29 is 24.0 Å². The molecule has 2 N–H and O–H groups in total. The van der Waals surface area contributed by atoms with Crippen LogP contribution in [0.4, 0.5) is 0 Å². The number of carbonyl (C=O) groups excluding carboxylic acids is 2. The van der Waals surface area contributed by atoms with Crippen molar-refractivity contribution in [1.29, 1.82) is 0 Å². The number of morpholine rings is 1. The van der Waals surface area contributed by atoms with Crippen LogP contribution in [-0.2, 0) is 20.7 Å². The predicted molar refractivity (Wildman–Crippen MR) is 135 cm³/mol. The van der Waals surface area contributed by atoms with Gasteiger partial charge in [0.15, 0.2) is 0 Å². The number of aromatic amines is 1. The van der Waals surface area contributed by atoms with Gasteiger partial charge in [-0.2, -0.15) is 0 Å². The van der Waals surface area contributed by atoms with Gasteiger partial charge in [0.25, 0.3) is 0 Å². The lowest BCUT2D eigenvalue weighted by Gasteiger charge is -2.47. The Bertz CT molecular complexity index is 1260. The molecule has 2 fully saturated rings. The monoisotopic (exact) mass is 489 g/mol. The minimum Gasteiger partial charge on any atom is -0.497 e. The average Bonchev–Trinajstić information content (AvgIpc) is 3.29. The molecule has 2 aromatic carbocycles. The van der Waals surface area contributed by atoms with E-state index in [1.54, 1.807) is 12.0 Å². The SMILES string of the molecule is COc1ccc([C@H]2c3[nH]c4ccccc4c3C[C@H]3C(=O)N(CCC[NH+]4CCOCC4)CC(=O)N23)cc1. The van der Waals surface area contributed by atoms with E-state index in [1.807, 2.05) is 41.3 Å². The van der Waals surface area contributed by atoms with E-state index in [4.69, 9.17) is 9.47 Å². The Kier molecular flexibility index (Phi) is 6.15. The van der Waals surface area contributed by atoms with Gasteiger partial charge in [-0.25, -0.2) is 0 Å². The second-order valence-electron chi connectivity index (χ2n) is 9.99. The van der Waals surface area contributed by atoms with E-state index in [0.29, 0.717) is 13.0 Å². The number of amides is 2. The summed E-state index contributed by atoms with van der Waals surface area (Å²) in [6.07, 6.45) is 1.42. The molecule has 8 nitrogen and oxygen atoms in total. The summed E-state index contributed by atoms with van der Waals surface area (Å²) in [5.74, 6) is 0.821. The molecule has 0 bridgehead atoms. The molecule has 0 aliphatic carbocycles. The van der Waals surface area contributed by atoms with Gasteiger partial charge in [0.05, 0.1) is 39.5 Å². The Morgan fingerprint density at radius 1 is 1.08 bits per heavy atom. The number of rotatable bonds is 6. The highest BCUT2D eigenvalue weighted by molar-refractivity contribution is 5.97. The Balaban J connectivity index is 1.31. The number of nitrogens with zero attached hydrogens (tertiary/aromatic N) is 2. The van der Waals surface area contributed by atoms with Crippen molar-refractivity contribution in [2.24, 2.45) is 0 Å². The van der Waals surface area contributed by atoms with Gasteiger partial charge in [0.2, 0.25) is 11.8 Å². The molecule has 8 heteroatoms. The Labute approximate surface area is 210 Å². The maximum absolute atomic E-state index is 13.8. The average molecular weight is 490 g/mol. The molecule has 4 heterocycles. The fraction of sp³-hybridized carbons (Fsp3) is 0.429. The molecule has 188 valence electrons. The smallest absolute Gasteiger partial charge is 0.246 e. The lowest BCUT2D eigenvalue weighted by atomic mass is 9.86. The van der Waals surface area contributed by atoms with Gasteiger partial charge in [-0.3, -0.25) is 9.59 Å². The number of piperazine rings is 1. The first-order valence-electron chi connectivity index (χ1n) is 12.9. The number of hydrogen-bond donors (Lipinski definition) is 2. The number of aromatic nitrogens is 1. The standard InChI is InChI=1S/C28H32N4O4/c1-35-20-9-7-19(8-10-20)27-26-22(21-5-2-3-6-23(21)29-26)17-24-28(34)31(18-25(33)32(24)27)12-4-11-30-13-15-36-16-14-30/h2-3,5-10,24,27,29H,4,11-18H2,1H3/p+1/t24-,27-/m0/s1. The summed E-state index contributed by atoms with van der Waals surface area (Å²) in [6, 6.07) is 15.2. The zero-order valence-corrected chi connectivity index (χ0v) is 20.7. The van der Waals surface area contributed by atoms with Crippen LogP contribution >= 0.6 is 0 Å². The third-order valence-corrected chi connectivity index (χ3v) is 7.93. The van der Waals surface area contributed by atoms with Crippen LogP contribution in [0, 0.1) is 0 Å². The number of quaternary nitrogens is 1. The third kappa shape index (κ3) is 4.04. The molecular weight excluding hydrogens is 456 g/mol. The first-order valence-corrected chi connectivity index (χ1v) is 12.9. The van der Waals surface area contributed by atoms with Crippen molar-refractivity contribution in [3.63, 3.8) is 0 Å². The first-order chi connectivity index (χ1) is 17.6. The number of carbonyl (C=O) groups is 2. The van der Waals surface area contributed by atoms with Crippen LogP contribution in [-0.4, -0.2) is 85.7 Å². The highest BCUT2D eigenvalue weighted by Gasteiger charge is 2.48. The Hall–Kier alpha value is -3.36. The maximum Gasteiger partial charge on any atom is 0.246 e. The number of methoxy groups -OCH3 is 1. The summed E-state index contributed by atoms with van der Waals surface area (Å²) >= 11 is 0.